The van der Waals surface area contributed by atoms with Crippen LogP contribution in [-0.2, 0) is 9.53 Å². The average Bonchev–Trinajstić information content (AvgIpc) is 3.24. The largest absolute Gasteiger partial charge is 0.468 e. The van der Waals surface area contributed by atoms with Crippen molar-refractivity contribution in [1.29, 1.82) is 0 Å². The molecule has 1 aliphatic heterocycles. The summed E-state index contributed by atoms with van der Waals surface area (Å²) < 4.78 is 4.97. The summed E-state index contributed by atoms with van der Waals surface area (Å²) in [6.45, 7) is 0. The van der Waals surface area contributed by atoms with E-state index in [1.165, 1.54) is 44.8 Å². The summed E-state index contributed by atoms with van der Waals surface area (Å²) in [7, 11) is 1.49. The number of methoxy groups -OCH3 is 1. The van der Waals surface area contributed by atoms with E-state index in [0.29, 0.717) is 6.04 Å². The molecule has 0 bridgehead atoms. The molecule has 0 aromatic heterocycles. The first-order chi connectivity index (χ1) is 9.33. The second-order valence-electron chi connectivity index (χ2n) is 5.56. The lowest BCUT2D eigenvalue weighted by Crippen LogP contribution is -2.26. The predicted molar refractivity (Wildman–Crippen MR) is 73.7 cm³/mol. The molecule has 0 N–H and O–H groups in total. The Morgan fingerprint density at radius 3 is 2.47 bits per heavy atom. The van der Waals surface area contributed by atoms with E-state index in [4.69, 9.17) is 4.74 Å². The molecule has 1 heterocycles. The van der Waals surface area contributed by atoms with Crippen LogP contribution in [0.15, 0.2) is 30.3 Å². The summed E-state index contributed by atoms with van der Waals surface area (Å²) in [6, 6.07) is 11.1. The van der Waals surface area contributed by atoms with Crippen molar-refractivity contribution in [2.45, 2.75) is 50.2 Å². The molecule has 0 amide bonds. The van der Waals surface area contributed by atoms with E-state index in [1.807, 2.05) is 18.2 Å². The van der Waals surface area contributed by atoms with Crippen molar-refractivity contribution in [3.63, 3.8) is 0 Å². The van der Waals surface area contributed by atoms with Crippen molar-refractivity contribution >= 4 is 5.97 Å². The summed E-state index contributed by atoms with van der Waals surface area (Å²) in [5.41, 5.74) is 1.24. The molecule has 19 heavy (non-hydrogen) atoms. The molecule has 1 saturated carbocycles. The van der Waals surface area contributed by atoms with Gasteiger partial charge in [-0.1, -0.05) is 49.6 Å². The number of rotatable bonds is 3. The predicted octanol–water partition coefficient (Wildman–Crippen LogP) is 2.92. The molecular formula is C16H21NO2. The van der Waals surface area contributed by atoms with Gasteiger partial charge in [0, 0.05) is 6.04 Å². The molecule has 2 aliphatic rings. The third-order valence-electron chi connectivity index (χ3n) is 4.43. The monoisotopic (exact) mass is 259 g/mol. The summed E-state index contributed by atoms with van der Waals surface area (Å²) >= 11 is 0. The highest BCUT2D eigenvalue weighted by Crippen LogP contribution is 2.48. The third-order valence-corrected chi connectivity index (χ3v) is 4.43. The van der Waals surface area contributed by atoms with E-state index in [1.54, 1.807) is 0 Å². The number of carbonyl (C=O) groups excluding carboxylic acids is 1. The molecule has 3 rings (SSSR count). The standard InChI is InChI=1S/C16H21NO2/c1-19-16(18)15-14(12-8-4-2-5-9-12)17(15)13-10-6-3-7-11-13/h2,4-5,8-9,13-15H,3,6-7,10-11H2,1H3. The third kappa shape index (κ3) is 2.39. The Morgan fingerprint density at radius 2 is 1.84 bits per heavy atom. The number of nitrogens with zero attached hydrogens (tertiary/aromatic N) is 1. The maximum Gasteiger partial charge on any atom is 0.325 e. The highest BCUT2D eigenvalue weighted by molar-refractivity contribution is 5.80. The van der Waals surface area contributed by atoms with E-state index < -0.39 is 0 Å². The van der Waals surface area contributed by atoms with Crippen LogP contribution in [0.4, 0.5) is 0 Å². The smallest absolute Gasteiger partial charge is 0.325 e. The molecule has 2 fully saturated rings. The number of hydrogen-bond acceptors (Lipinski definition) is 3. The molecule has 102 valence electrons. The fraction of sp³-hybridized carbons (Fsp3) is 0.562. The lowest BCUT2D eigenvalue weighted by atomic mass is 9.95. The van der Waals surface area contributed by atoms with E-state index in [0.717, 1.165) is 0 Å². The Labute approximate surface area is 114 Å². The molecule has 3 atom stereocenters. The van der Waals surface area contributed by atoms with E-state index in [9.17, 15) is 4.79 Å². The van der Waals surface area contributed by atoms with Crippen LogP contribution in [0.25, 0.3) is 0 Å². The molecule has 1 aliphatic carbocycles. The molecular weight excluding hydrogens is 238 g/mol. The van der Waals surface area contributed by atoms with Gasteiger partial charge in [0.05, 0.1) is 13.2 Å². The van der Waals surface area contributed by atoms with Gasteiger partial charge in [-0.15, -0.1) is 0 Å². The van der Waals surface area contributed by atoms with Crippen molar-refractivity contribution in [3.05, 3.63) is 35.9 Å². The van der Waals surface area contributed by atoms with Crippen LogP contribution in [0.1, 0.15) is 43.7 Å². The van der Waals surface area contributed by atoms with Gasteiger partial charge in [0.25, 0.3) is 0 Å². The minimum atomic E-state index is -0.0839. The summed E-state index contributed by atoms with van der Waals surface area (Å²) in [6.07, 6.45) is 6.35. The molecule has 1 aromatic rings. The van der Waals surface area contributed by atoms with Crippen molar-refractivity contribution in [3.8, 4) is 0 Å². The summed E-state index contributed by atoms with van der Waals surface area (Å²) in [5, 5.41) is 0. The molecule has 3 nitrogen and oxygen atoms in total. The van der Waals surface area contributed by atoms with Gasteiger partial charge in [0.1, 0.15) is 6.04 Å². The zero-order chi connectivity index (χ0) is 13.2. The molecule has 1 saturated heterocycles. The normalized spacial score (nSPS) is 30.9. The first-order valence-electron chi connectivity index (χ1n) is 7.23. The first-order valence-corrected chi connectivity index (χ1v) is 7.23. The van der Waals surface area contributed by atoms with E-state index in [2.05, 4.69) is 17.0 Å². The van der Waals surface area contributed by atoms with Gasteiger partial charge in [-0.2, -0.15) is 0 Å². The summed E-state index contributed by atoms with van der Waals surface area (Å²) in [4.78, 5) is 14.3. The maximum atomic E-state index is 11.9. The van der Waals surface area contributed by atoms with Gasteiger partial charge in [0.15, 0.2) is 0 Å². The number of hydrogen-bond donors (Lipinski definition) is 0. The lowest BCUT2D eigenvalue weighted by Gasteiger charge is -2.23. The molecule has 0 radical (unpaired) electrons. The Kier molecular flexibility index (Phi) is 3.56. The van der Waals surface area contributed by atoms with Crippen LogP contribution in [0.2, 0.25) is 0 Å². The molecule has 3 unspecified atom stereocenters. The number of carbonyl (C=O) groups is 1. The van der Waals surface area contributed by atoms with Crippen LogP contribution in [-0.4, -0.2) is 30.1 Å². The Bertz CT molecular complexity index is 439. The van der Waals surface area contributed by atoms with Crippen molar-refractivity contribution in [2.75, 3.05) is 7.11 Å². The van der Waals surface area contributed by atoms with Crippen LogP contribution in [0.5, 0.6) is 0 Å². The Morgan fingerprint density at radius 1 is 1.16 bits per heavy atom. The number of ether oxygens (including phenoxy) is 1. The topological polar surface area (TPSA) is 29.3 Å². The number of benzene rings is 1. The SMILES string of the molecule is COC(=O)C1C(c2ccccc2)N1C1CCCCC1. The minimum absolute atomic E-state index is 0.0597. The van der Waals surface area contributed by atoms with Gasteiger partial charge in [0.2, 0.25) is 0 Å². The highest BCUT2D eigenvalue weighted by Gasteiger charge is 2.56. The van der Waals surface area contributed by atoms with E-state index in [-0.39, 0.29) is 18.1 Å². The van der Waals surface area contributed by atoms with Gasteiger partial charge in [-0.3, -0.25) is 9.69 Å². The zero-order valence-corrected chi connectivity index (χ0v) is 11.4. The van der Waals surface area contributed by atoms with Crippen molar-refractivity contribution < 1.29 is 9.53 Å². The molecule has 1 aromatic carbocycles. The first kappa shape index (κ1) is 12.7. The van der Waals surface area contributed by atoms with Gasteiger partial charge >= 0.3 is 5.97 Å². The van der Waals surface area contributed by atoms with Crippen LogP contribution in [0.3, 0.4) is 0 Å². The molecule has 0 spiro atoms. The van der Waals surface area contributed by atoms with Crippen LogP contribution in [0, 0.1) is 0 Å². The zero-order valence-electron chi connectivity index (χ0n) is 11.4. The lowest BCUT2D eigenvalue weighted by molar-refractivity contribution is -0.141. The Balaban J connectivity index is 1.79. The minimum Gasteiger partial charge on any atom is -0.468 e. The average molecular weight is 259 g/mol. The van der Waals surface area contributed by atoms with Gasteiger partial charge in [-0.05, 0) is 18.4 Å². The van der Waals surface area contributed by atoms with E-state index >= 15 is 0 Å². The van der Waals surface area contributed by atoms with Crippen molar-refractivity contribution in [1.82, 2.24) is 4.90 Å². The second-order valence-corrected chi connectivity index (χ2v) is 5.56. The molecule has 3 heteroatoms. The maximum absolute atomic E-state index is 11.9. The van der Waals surface area contributed by atoms with Gasteiger partial charge in [-0.25, -0.2) is 0 Å². The fourth-order valence-electron chi connectivity index (χ4n) is 3.46. The van der Waals surface area contributed by atoms with Crippen molar-refractivity contribution in [2.24, 2.45) is 0 Å². The number of esters is 1. The fourth-order valence-corrected chi connectivity index (χ4v) is 3.46. The highest BCUT2D eigenvalue weighted by atomic mass is 16.5. The quantitative estimate of drug-likeness (QED) is 0.617. The Hall–Kier alpha value is -1.35. The second kappa shape index (κ2) is 5.33. The van der Waals surface area contributed by atoms with Crippen LogP contribution < -0.4 is 0 Å². The van der Waals surface area contributed by atoms with Gasteiger partial charge < -0.3 is 4.74 Å². The summed E-state index contributed by atoms with van der Waals surface area (Å²) in [5.74, 6) is -0.0839. The van der Waals surface area contributed by atoms with Crippen LogP contribution >= 0.6 is 0 Å².